The quantitative estimate of drug-likeness (QED) is 0.168. The highest BCUT2D eigenvalue weighted by atomic mass is 79.9. The van der Waals surface area contributed by atoms with E-state index in [1.807, 2.05) is 6.92 Å². The van der Waals surface area contributed by atoms with E-state index in [4.69, 9.17) is 24.7 Å². The van der Waals surface area contributed by atoms with Gasteiger partial charge in [-0.2, -0.15) is 5.26 Å². The van der Waals surface area contributed by atoms with Crippen LogP contribution in [0.3, 0.4) is 0 Å². The molecule has 0 saturated heterocycles. The monoisotopic (exact) mass is 614 g/mol. The first-order chi connectivity index (χ1) is 19.9. The van der Waals surface area contributed by atoms with Gasteiger partial charge in [0.25, 0.3) is 0 Å². The van der Waals surface area contributed by atoms with Crippen molar-refractivity contribution in [2.75, 3.05) is 6.61 Å². The Morgan fingerprint density at radius 2 is 1.80 bits per heavy atom. The van der Waals surface area contributed by atoms with Gasteiger partial charge in [0.05, 0.1) is 18.1 Å². The molecule has 1 atom stereocenters. The third kappa shape index (κ3) is 5.88. The Labute approximate surface area is 244 Å². The molecule has 7 nitrogen and oxygen atoms in total. The zero-order chi connectivity index (χ0) is 28.9. The average Bonchev–Trinajstić information content (AvgIpc) is 2.97. The van der Waals surface area contributed by atoms with Crippen molar-refractivity contribution in [2.45, 2.75) is 19.4 Å². The van der Waals surface area contributed by atoms with Crippen LogP contribution in [-0.2, 0) is 6.61 Å². The average molecular weight is 615 g/mol. The molecule has 2 N–H and O–H groups in total. The molecule has 0 aromatic heterocycles. The molecule has 9 heteroatoms. The number of nitrogens with zero attached hydrogens (tertiary/aromatic N) is 1. The number of nitriles is 1. The molecule has 1 aliphatic rings. The third-order valence-electron chi connectivity index (χ3n) is 6.44. The van der Waals surface area contributed by atoms with E-state index < -0.39 is 11.9 Å². The zero-order valence-corrected chi connectivity index (χ0v) is 23.5. The number of allylic oxidation sites excluding steroid dienone is 1. The predicted octanol–water partition coefficient (Wildman–Crippen LogP) is 7.00. The number of nitrogens with two attached hydrogens (primary N) is 1. The maximum Gasteiger partial charge on any atom is 0.344 e. The number of fused-ring (bicyclic) bond motifs is 1. The van der Waals surface area contributed by atoms with Crippen LogP contribution in [0.5, 0.6) is 23.0 Å². The van der Waals surface area contributed by atoms with Crippen LogP contribution >= 0.6 is 15.9 Å². The van der Waals surface area contributed by atoms with Crippen molar-refractivity contribution in [1.82, 2.24) is 0 Å². The first-order valence-electron chi connectivity index (χ1n) is 12.7. The number of benzene rings is 4. The van der Waals surface area contributed by atoms with Crippen molar-refractivity contribution in [2.24, 2.45) is 5.73 Å². The standard InChI is InChI=1S/C32H24BrFN2O5/c1-2-38-29-15-19(11-14-27(29)39-18-20-7-3-6-10-26(20)34)30-23-13-12-21(16-28(23)41-31(36)24(30)17-35)40-32(37)22-8-4-5-9-25(22)33/h3-16,30H,2,18,36H2,1H3. The van der Waals surface area contributed by atoms with Crippen LogP contribution in [0.1, 0.15) is 39.9 Å². The lowest BCUT2D eigenvalue weighted by Gasteiger charge is -2.27. The highest BCUT2D eigenvalue weighted by Crippen LogP contribution is 2.45. The summed E-state index contributed by atoms with van der Waals surface area (Å²) in [7, 11) is 0. The minimum Gasteiger partial charge on any atom is -0.490 e. The van der Waals surface area contributed by atoms with Crippen LogP contribution in [0.15, 0.2) is 101 Å². The third-order valence-corrected chi connectivity index (χ3v) is 7.13. The van der Waals surface area contributed by atoms with Crippen LogP contribution in [0.4, 0.5) is 4.39 Å². The lowest BCUT2D eigenvalue weighted by molar-refractivity contribution is 0.0733. The van der Waals surface area contributed by atoms with Gasteiger partial charge in [0.2, 0.25) is 5.88 Å². The smallest absolute Gasteiger partial charge is 0.344 e. The first kappa shape index (κ1) is 27.7. The maximum absolute atomic E-state index is 14.1. The molecule has 1 unspecified atom stereocenters. The largest absolute Gasteiger partial charge is 0.490 e. The molecule has 0 aliphatic carbocycles. The lowest BCUT2D eigenvalue weighted by atomic mass is 9.83. The summed E-state index contributed by atoms with van der Waals surface area (Å²) in [5, 5.41) is 9.97. The predicted molar refractivity (Wildman–Crippen MR) is 153 cm³/mol. The van der Waals surface area contributed by atoms with Gasteiger partial charge in [-0.3, -0.25) is 0 Å². The molecular weight excluding hydrogens is 591 g/mol. The number of carbonyl (C=O) groups is 1. The molecule has 0 fully saturated rings. The van der Waals surface area contributed by atoms with Gasteiger partial charge < -0.3 is 24.7 Å². The minimum absolute atomic E-state index is 0.0174. The minimum atomic E-state index is -0.586. The molecule has 1 aliphatic heterocycles. The Morgan fingerprint density at radius 1 is 1.02 bits per heavy atom. The Morgan fingerprint density at radius 3 is 2.56 bits per heavy atom. The molecule has 0 bridgehead atoms. The normalized spacial score (nSPS) is 14.0. The topological polar surface area (TPSA) is 104 Å². The number of halogens is 2. The van der Waals surface area contributed by atoms with Crippen LogP contribution in [-0.4, -0.2) is 12.6 Å². The fraction of sp³-hybridized carbons (Fsp3) is 0.125. The molecule has 206 valence electrons. The molecule has 0 amide bonds. The molecule has 4 aromatic carbocycles. The second-order valence-electron chi connectivity index (χ2n) is 9.01. The van der Waals surface area contributed by atoms with E-state index in [2.05, 4.69) is 22.0 Å². The Balaban J connectivity index is 1.46. The molecule has 5 rings (SSSR count). The number of ether oxygens (including phenoxy) is 4. The van der Waals surface area contributed by atoms with Crippen LogP contribution in [0, 0.1) is 17.1 Å². The van der Waals surface area contributed by atoms with Gasteiger partial charge in [-0.15, -0.1) is 0 Å². The SMILES string of the molecule is CCOc1cc(C2C(C#N)=C(N)Oc3cc(OC(=O)c4ccccc4Br)ccc32)ccc1OCc1ccccc1F. The number of esters is 1. The molecule has 0 spiro atoms. The first-order valence-corrected chi connectivity index (χ1v) is 13.5. The van der Waals surface area contributed by atoms with E-state index in [1.54, 1.807) is 78.9 Å². The van der Waals surface area contributed by atoms with E-state index in [9.17, 15) is 14.4 Å². The molecule has 4 aromatic rings. The molecule has 41 heavy (non-hydrogen) atoms. The van der Waals surface area contributed by atoms with E-state index in [-0.39, 0.29) is 29.6 Å². The van der Waals surface area contributed by atoms with E-state index in [1.165, 1.54) is 6.07 Å². The Bertz CT molecular complexity index is 1700. The second kappa shape index (κ2) is 12.1. The van der Waals surface area contributed by atoms with E-state index >= 15 is 0 Å². The fourth-order valence-electron chi connectivity index (χ4n) is 4.49. The van der Waals surface area contributed by atoms with Crippen LogP contribution in [0.2, 0.25) is 0 Å². The van der Waals surface area contributed by atoms with E-state index in [0.717, 1.165) is 0 Å². The lowest BCUT2D eigenvalue weighted by Crippen LogP contribution is -2.21. The van der Waals surface area contributed by atoms with Gasteiger partial charge in [-0.25, -0.2) is 9.18 Å². The molecule has 1 heterocycles. The Hall–Kier alpha value is -4.81. The summed E-state index contributed by atoms with van der Waals surface area (Å²) in [6.07, 6.45) is 0. The van der Waals surface area contributed by atoms with Crippen molar-refractivity contribution in [3.8, 4) is 29.1 Å². The summed E-state index contributed by atoms with van der Waals surface area (Å²) in [5.41, 5.74) is 8.54. The summed E-state index contributed by atoms with van der Waals surface area (Å²) < 4.78 is 37.8. The van der Waals surface area contributed by atoms with Crippen molar-refractivity contribution < 1.29 is 28.1 Å². The number of hydrogen-bond acceptors (Lipinski definition) is 7. The van der Waals surface area contributed by atoms with Crippen molar-refractivity contribution in [3.05, 3.63) is 129 Å². The maximum atomic E-state index is 14.1. The number of rotatable bonds is 8. The van der Waals surface area contributed by atoms with Gasteiger partial charge in [0.15, 0.2) is 11.5 Å². The zero-order valence-electron chi connectivity index (χ0n) is 21.9. The van der Waals surface area contributed by atoms with Crippen molar-refractivity contribution >= 4 is 21.9 Å². The van der Waals surface area contributed by atoms with Gasteiger partial charge in [0.1, 0.15) is 35.6 Å². The summed E-state index contributed by atoms with van der Waals surface area (Å²) in [6.45, 7) is 2.22. The van der Waals surface area contributed by atoms with Crippen molar-refractivity contribution in [3.63, 3.8) is 0 Å². The molecular formula is C32H24BrFN2O5. The van der Waals surface area contributed by atoms with Gasteiger partial charge in [-0.05, 0) is 64.8 Å². The van der Waals surface area contributed by atoms with Gasteiger partial charge in [0, 0.05) is 21.7 Å². The summed E-state index contributed by atoms with van der Waals surface area (Å²) >= 11 is 3.36. The summed E-state index contributed by atoms with van der Waals surface area (Å²) in [4.78, 5) is 12.7. The fourth-order valence-corrected chi connectivity index (χ4v) is 4.94. The summed E-state index contributed by atoms with van der Waals surface area (Å²) in [5.74, 6) is -0.0843. The van der Waals surface area contributed by atoms with Crippen molar-refractivity contribution in [1.29, 1.82) is 5.26 Å². The second-order valence-corrected chi connectivity index (χ2v) is 9.87. The molecule has 0 radical (unpaired) electrons. The highest BCUT2D eigenvalue weighted by molar-refractivity contribution is 9.10. The number of hydrogen-bond donors (Lipinski definition) is 1. The van der Waals surface area contributed by atoms with E-state index in [0.29, 0.717) is 50.6 Å². The van der Waals surface area contributed by atoms with Gasteiger partial charge >= 0.3 is 5.97 Å². The van der Waals surface area contributed by atoms with Crippen LogP contribution in [0.25, 0.3) is 0 Å². The Kier molecular flexibility index (Phi) is 8.22. The molecule has 0 saturated carbocycles. The highest BCUT2D eigenvalue weighted by Gasteiger charge is 2.32. The summed E-state index contributed by atoms with van der Waals surface area (Å²) in [6, 6.07) is 25.7. The van der Waals surface area contributed by atoms with Crippen LogP contribution < -0.4 is 24.7 Å². The number of carbonyl (C=O) groups excluding carboxylic acids is 1. The van der Waals surface area contributed by atoms with Gasteiger partial charge in [-0.1, -0.05) is 42.5 Å².